The topological polar surface area (TPSA) is 79.8 Å². The van der Waals surface area contributed by atoms with Crippen molar-refractivity contribution in [1.29, 1.82) is 0 Å². The molecule has 0 aliphatic carbocycles. The third kappa shape index (κ3) is 3.98. The van der Waals surface area contributed by atoms with Crippen molar-refractivity contribution < 1.29 is 4.79 Å². The van der Waals surface area contributed by atoms with E-state index in [-0.39, 0.29) is 11.6 Å². The fourth-order valence-corrected chi connectivity index (χ4v) is 2.67. The van der Waals surface area contributed by atoms with Gasteiger partial charge in [-0.1, -0.05) is 13.8 Å². The predicted octanol–water partition coefficient (Wildman–Crippen LogP) is 2.88. The average molecular weight is 305 g/mol. The summed E-state index contributed by atoms with van der Waals surface area (Å²) in [5.74, 6) is 0.382. The number of hydrogen-bond acceptors (Lipinski definition) is 6. The molecule has 0 saturated carbocycles. The van der Waals surface area contributed by atoms with Gasteiger partial charge in [0.2, 0.25) is 0 Å². The maximum absolute atomic E-state index is 12.1. The Kier molecular flexibility index (Phi) is 5.21. The fraction of sp³-hybridized carbons (Fsp3) is 0.429. The van der Waals surface area contributed by atoms with Crippen molar-refractivity contribution in [3.8, 4) is 0 Å². The van der Waals surface area contributed by atoms with Crippen LogP contribution >= 0.6 is 11.3 Å². The van der Waals surface area contributed by atoms with Gasteiger partial charge >= 0.3 is 0 Å². The summed E-state index contributed by atoms with van der Waals surface area (Å²) in [5.41, 5.74) is 1.29. The van der Waals surface area contributed by atoms with Crippen LogP contribution in [0.1, 0.15) is 41.3 Å². The molecule has 6 nitrogen and oxygen atoms in total. The molecule has 2 aromatic heterocycles. The van der Waals surface area contributed by atoms with Crippen molar-refractivity contribution in [3.63, 3.8) is 0 Å². The molecule has 2 N–H and O–H groups in total. The molecule has 0 aliphatic heterocycles. The lowest BCUT2D eigenvalue weighted by Crippen LogP contribution is -2.15. The van der Waals surface area contributed by atoms with E-state index < -0.39 is 0 Å². The number of anilines is 2. The number of aryl methyl sites for hydroxylation is 2. The standard InChI is InChI=1S/C14H19N5OS/c1-4-8-15-12-7-6-11(18-19-12)13(20)17-14-16-10(5-2)9(3)21-14/h6-7H,4-5,8H2,1-3H3,(H,15,19)(H,16,17,20). The van der Waals surface area contributed by atoms with E-state index in [9.17, 15) is 4.79 Å². The van der Waals surface area contributed by atoms with Crippen LogP contribution in [0.5, 0.6) is 0 Å². The van der Waals surface area contributed by atoms with E-state index in [0.717, 1.165) is 30.0 Å². The maximum atomic E-state index is 12.1. The van der Waals surface area contributed by atoms with E-state index in [0.29, 0.717) is 10.9 Å². The van der Waals surface area contributed by atoms with Crippen LogP contribution in [0.15, 0.2) is 12.1 Å². The number of aromatic nitrogens is 3. The van der Waals surface area contributed by atoms with Gasteiger partial charge in [-0.05, 0) is 31.9 Å². The fourth-order valence-electron chi connectivity index (χ4n) is 1.77. The molecule has 7 heteroatoms. The smallest absolute Gasteiger partial charge is 0.277 e. The number of hydrogen-bond donors (Lipinski definition) is 2. The van der Waals surface area contributed by atoms with Gasteiger partial charge in [0.25, 0.3) is 5.91 Å². The molecule has 0 aromatic carbocycles. The summed E-state index contributed by atoms with van der Waals surface area (Å²) < 4.78 is 0. The first kappa shape index (κ1) is 15.4. The summed E-state index contributed by atoms with van der Waals surface area (Å²) in [6.45, 7) is 6.95. The Morgan fingerprint density at radius 3 is 2.67 bits per heavy atom. The zero-order valence-corrected chi connectivity index (χ0v) is 13.3. The second kappa shape index (κ2) is 7.12. The van der Waals surface area contributed by atoms with Crippen molar-refractivity contribution in [2.45, 2.75) is 33.6 Å². The van der Waals surface area contributed by atoms with Gasteiger partial charge in [0, 0.05) is 11.4 Å². The van der Waals surface area contributed by atoms with Crippen LogP contribution in [0.25, 0.3) is 0 Å². The van der Waals surface area contributed by atoms with Crippen LogP contribution in [0.2, 0.25) is 0 Å². The molecule has 0 saturated heterocycles. The number of carbonyl (C=O) groups is 1. The molecule has 2 rings (SSSR count). The highest BCUT2D eigenvalue weighted by atomic mass is 32.1. The molecule has 21 heavy (non-hydrogen) atoms. The first-order valence-corrected chi connectivity index (χ1v) is 7.81. The van der Waals surface area contributed by atoms with E-state index in [1.807, 2.05) is 13.8 Å². The summed E-state index contributed by atoms with van der Waals surface area (Å²) in [7, 11) is 0. The largest absolute Gasteiger partial charge is 0.369 e. The Bertz CT molecular complexity index is 608. The molecule has 2 aromatic rings. The SMILES string of the molecule is CCCNc1ccc(C(=O)Nc2nc(CC)c(C)s2)nn1. The van der Waals surface area contributed by atoms with E-state index >= 15 is 0 Å². The van der Waals surface area contributed by atoms with Crippen molar-refractivity contribution >= 4 is 28.2 Å². The Hall–Kier alpha value is -2.02. The molecule has 0 aliphatic rings. The Labute approximate surface area is 128 Å². The van der Waals surface area contributed by atoms with Crippen molar-refractivity contribution in [2.24, 2.45) is 0 Å². The van der Waals surface area contributed by atoms with E-state index in [1.54, 1.807) is 12.1 Å². The molecule has 112 valence electrons. The van der Waals surface area contributed by atoms with Gasteiger partial charge in [0.05, 0.1) is 5.69 Å². The highest BCUT2D eigenvalue weighted by molar-refractivity contribution is 7.15. The van der Waals surface area contributed by atoms with E-state index in [2.05, 4.69) is 32.7 Å². The van der Waals surface area contributed by atoms with Gasteiger partial charge in [-0.25, -0.2) is 4.98 Å². The molecule has 0 radical (unpaired) electrons. The summed E-state index contributed by atoms with van der Waals surface area (Å²) >= 11 is 1.47. The van der Waals surface area contributed by atoms with Crippen LogP contribution in [0.4, 0.5) is 10.9 Å². The van der Waals surface area contributed by atoms with E-state index in [1.165, 1.54) is 11.3 Å². The van der Waals surface area contributed by atoms with Crippen LogP contribution in [-0.4, -0.2) is 27.6 Å². The van der Waals surface area contributed by atoms with E-state index in [4.69, 9.17) is 0 Å². The molecular formula is C14H19N5OS. The van der Waals surface area contributed by atoms with Crippen LogP contribution in [0, 0.1) is 6.92 Å². The quantitative estimate of drug-likeness (QED) is 0.858. The zero-order chi connectivity index (χ0) is 15.2. The lowest BCUT2D eigenvalue weighted by Gasteiger charge is -2.03. The maximum Gasteiger partial charge on any atom is 0.277 e. The van der Waals surface area contributed by atoms with Gasteiger partial charge in [0.1, 0.15) is 5.82 Å². The number of amides is 1. The van der Waals surface area contributed by atoms with Gasteiger partial charge in [-0.2, -0.15) is 0 Å². The first-order chi connectivity index (χ1) is 10.1. The Morgan fingerprint density at radius 2 is 2.10 bits per heavy atom. The molecule has 0 bridgehead atoms. The van der Waals surface area contributed by atoms with Crippen LogP contribution in [0.3, 0.4) is 0 Å². The monoisotopic (exact) mass is 305 g/mol. The number of carbonyl (C=O) groups excluding carboxylic acids is 1. The Balaban J connectivity index is 2.02. The number of nitrogens with zero attached hydrogens (tertiary/aromatic N) is 3. The molecule has 0 atom stereocenters. The van der Waals surface area contributed by atoms with Crippen molar-refractivity contribution in [3.05, 3.63) is 28.4 Å². The minimum Gasteiger partial charge on any atom is -0.369 e. The summed E-state index contributed by atoms with van der Waals surface area (Å²) in [6.07, 6.45) is 1.86. The number of nitrogens with one attached hydrogen (secondary N) is 2. The molecule has 1 amide bonds. The highest BCUT2D eigenvalue weighted by Crippen LogP contribution is 2.22. The van der Waals surface area contributed by atoms with Crippen molar-refractivity contribution in [1.82, 2.24) is 15.2 Å². The predicted molar refractivity (Wildman–Crippen MR) is 85.0 cm³/mol. The van der Waals surface area contributed by atoms with Crippen LogP contribution < -0.4 is 10.6 Å². The third-order valence-electron chi connectivity index (χ3n) is 2.90. The van der Waals surface area contributed by atoms with Crippen LogP contribution in [-0.2, 0) is 6.42 Å². The summed E-state index contributed by atoms with van der Waals surface area (Å²) in [5, 5.41) is 14.4. The number of rotatable bonds is 6. The lowest BCUT2D eigenvalue weighted by atomic mass is 10.3. The Morgan fingerprint density at radius 1 is 1.29 bits per heavy atom. The second-order valence-corrected chi connectivity index (χ2v) is 5.76. The van der Waals surface area contributed by atoms with Gasteiger partial charge < -0.3 is 5.32 Å². The highest BCUT2D eigenvalue weighted by Gasteiger charge is 2.12. The minimum absolute atomic E-state index is 0.281. The van der Waals surface area contributed by atoms with Gasteiger partial charge in [-0.15, -0.1) is 21.5 Å². The molecular weight excluding hydrogens is 286 g/mol. The average Bonchev–Trinajstić information content (AvgIpc) is 2.85. The molecule has 0 unspecified atom stereocenters. The number of thiazole rings is 1. The first-order valence-electron chi connectivity index (χ1n) is 6.99. The normalized spacial score (nSPS) is 10.4. The third-order valence-corrected chi connectivity index (χ3v) is 3.83. The zero-order valence-electron chi connectivity index (χ0n) is 12.4. The van der Waals surface area contributed by atoms with Gasteiger partial charge in [0.15, 0.2) is 10.8 Å². The van der Waals surface area contributed by atoms with Gasteiger partial charge in [-0.3, -0.25) is 10.1 Å². The van der Waals surface area contributed by atoms with Crippen molar-refractivity contribution in [2.75, 3.05) is 17.2 Å². The second-order valence-electron chi connectivity index (χ2n) is 4.56. The summed E-state index contributed by atoms with van der Waals surface area (Å²) in [4.78, 5) is 17.6. The molecule has 2 heterocycles. The lowest BCUT2D eigenvalue weighted by molar-refractivity contribution is 0.102. The molecule has 0 spiro atoms. The summed E-state index contributed by atoms with van der Waals surface area (Å²) in [6, 6.07) is 3.41. The molecule has 0 fully saturated rings. The minimum atomic E-state index is -0.291.